The molecule has 0 aromatic heterocycles. The Labute approximate surface area is 145 Å². The molecule has 7 heteroatoms. The first kappa shape index (κ1) is 17.2. The molecular weight excluding hydrogens is 333 g/mol. The van der Waals surface area contributed by atoms with E-state index in [1.165, 1.54) is 18.2 Å². The highest BCUT2D eigenvalue weighted by molar-refractivity contribution is 6.31. The normalized spacial score (nSPS) is 23.9. The molecule has 2 fully saturated rings. The lowest BCUT2D eigenvalue weighted by molar-refractivity contribution is -0.135. The molecule has 2 amide bonds. The fraction of sp³-hybridized carbons (Fsp3) is 0.529. The lowest BCUT2D eigenvalue weighted by Gasteiger charge is -2.34. The minimum Gasteiger partial charge on any atom is -0.340 e. The standard InChI is InChI=1S/C17H21ClFN3O2/c1-2-21-5-7-22(8-6-21)17(24)13-10-12(13)16(23)20-11-3-4-15(19)14(18)9-11/h3-4,9,12-13H,2,5-8,10H2,1H3,(H,20,23). The van der Waals surface area contributed by atoms with Crippen molar-refractivity contribution >= 4 is 29.1 Å². The van der Waals surface area contributed by atoms with E-state index in [1.54, 1.807) is 0 Å². The number of carbonyl (C=O) groups excluding carboxylic acids is 2. The monoisotopic (exact) mass is 353 g/mol. The Morgan fingerprint density at radius 2 is 1.96 bits per heavy atom. The zero-order valence-corrected chi connectivity index (χ0v) is 14.4. The highest BCUT2D eigenvalue weighted by Gasteiger charge is 2.49. The molecule has 1 N–H and O–H groups in total. The van der Waals surface area contributed by atoms with E-state index in [2.05, 4.69) is 17.1 Å². The first-order valence-electron chi connectivity index (χ1n) is 8.26. The number of piperazine rings is 1. The maximum atomic E-state index is 13.1. The van der Waals surface area contributed by atoms with Gasteiger partial charge in [-0.3, -0.25) is 9.59 Å². The Balaban J connectivity index is 1.52. The Kier molecular flexibility index (Phi) is 5.06. The van der Waals surface area contributed by atoms with E-state index < -0.39 is 5.82 Å². The van der Waals surface area contributed by atoms with Crippen molar-refractivity contribution in [3.63, 3.8) is 0 Å². The molecule has 24 heavy (non-hydrogen) atoms. The highest BCUT2D eigenvalue weighted by Crippen LogP contribution is 2.41. The maximum Gasteiger partial charge on any atom is 0.228 e. The summed E-state index contributed by atoms with van der Waals surface area (Å²) in [7, 11) is 0. The van der Waals surface area contributed by atoms with Gasteiger partial charge in [-0.15, -0.1) is 0 Å². The Bertz CT molecular complexity index is 647. The second-order valence-electron chi connectivity index (χ2n) is 6.33. The van der Waals surface area contributed by atoms with Crippen molar-refractivity contribution in [1.29, 1.82) is 0 Å². The molecule has 0 spiro atoms. The van der Waals surface area contributed by atoms with Crippen LogP contribution in [0.15, 0.2) is 18.2 Å². The summed E-state index contributed by atoms with van der Waals surface area (Å²) >= 11 is 5.71. The van der Waals surface area contributed by atoms with Crippen molar-refractivity contribution in [2.24, 2.45) is 11.8 Å². The molecule has 130 valence electrons. The summed E-state index contributed by atoms with van der Waals surface area (Å²) in [4.78, 5) is 28.9. The first-order valence-corrected chi connectivity index (χ1v) is 8.64. The van der Waals surface area contributed by atoms with Crippen molar-refractivity contribution < 1.29 is 14.0 Å². The lowest BCUT2D eigenvalue weighted by Crippen LogP contribution is -2.49. The first-order chi connectivity index (χ1) is 11.5. The summed E-state index contributed by atoms with van der Waals surface area (Å²) in [5.41, 5.74) is 0.445. The van der Waals surface area contributed by atoms with Gasteiger partial charge in [-0.1, -0.05) is 18.5 Å². The molecule has 5 nitrogen and oxygen atoms in total. The van der Waals surface area contributed by atoms with Crippen LogP contribution in [-0.4, -0.2) is 54.3 Å². The second-order valence-corrected chi connectivity index (χ2v) is 6.73. The number of likely N-dealkylation sites (N-methyl/N-ethyl adjacent to an activating group) is 1. The average molecular weight is 354 g/mol. The van der Waals surface area contributed by atoms with Crippen LogP contribution < -0.4 is 5.32 Å². The molecule has 1 aliphatic carbocycles. The van der Waals surface area contributed by atoms with E-state index in [9.17, 15) is 14.0 Å². The summed E-state index contributed by atoms with van der Waals surface area (Å²) in [5, 5.41) is 2.67. The van der Waals surface area contributed by atoms with Gasteiger partial charge in [-0.05, 0) is 31.2 Å². The lowest BCUT2D eigenvalue weighted by atomic mass is 10.2. The van der Waals surface area contributed by atoms with Crippen molar-refractivity contribution in [2.45, 2.75) is 13.3 Å². The van der Waals surface area contributed by atoms with Gasteiger partial charge in [0, 0.05) is 31.9 Å². The topological polar surface area (TPSA) is 52.7 Å². The Morgan fingerprint density at radius 3 is 2.58 bits per heavy atom. The zero-order valence-electron chi connectivity index (χ0n) is 13.6. The zero-order chi connectivity index (χ0) is 17.3. The van der Waals surface area contributed by atoms with Crippen molar-refractivity contribution in [3.05, 3.63) is 29.0 Å². The molecule has 1 saturated carbocycles. The number of nitrogens with one attached hydrogen (secondary N) is 1. The minimum atomic E-state index is -0.527. The average Bonchev–Trinajstić information content (AvgIpc) is 3.38. The van der Waals surface area contributed by atoms with Gasteiger partial charge in [0.25, 0.3) is 0 Å². The molecule has 3 rings (SSSR count). The molecule has 2 unspecified atom stereocenters. The van der Waals surface area contributed by atoms with Crippen LogP contribution in [0.3, 0.4) is 0 Å². The largest absolute Gasteiger partial charge is 0.340 e. The Hall–Kier alpha value is -1.66. The van der Waals surface area contributed by atoms with Gasteiger partial charge < -0.3 is 15.1 Å². The van der Waals surface area contributed by atoms with Gasteiger partial charge in [0.15, 0.2) is 0 Å². The quantitative estimate of drug-likeness (QED) is 0.903. The molecule has 1 aliphatic heterocycles. The fourth-order valence-electron chi connectivity index (χ4n) is 3.09. The minimum absolute atomic E-state index is 0.0370. The number of hydrogen-bond donors (Lipinski definition) is 1. The molecule has 0 bridgehead atoms. The molecule has 1 aromatic rings. The van der Waals surface area contributed by atoms with E-state index in [0.29, 0.717) is 12.1 Å². The fourth-order valence-corrected chi connectivity index (χ4v) is 3.27. The summed E-state index contributed by atoms with van der Waals surface area (Å²) in [6, 6.07) is 4.04. The van der Waals surface area contributed by atoms with Gasteiger partial charge in [0.05, 0.1) is 16.9 Å². The molecule has 0 radical (unpaired) electrons. The van der Waals surface area contributed by atoms with E-state index >= 15 is 0 Å². The molecule has 1 saturated heterocycles. The van der Waals surface area contributed by atoms with Gasteiger partial charge in [0.1, 0.15) is 5.82 Å². The number of halogens is 2. The molecule has 1 heterocycles. The third kappa shape index (κ3) is 3.70. The van der Waals surface area contributed by atoms with Crippen LogP contribution in [0.4, 0.5) is 10.1 Å². The number of rotatable bonds is 4. The summed E-state index contributed by atoms with van der Waals surface area (Å²) in [6.07, 6.45) is 0.577. The van der Waals surface area contributed by atoms with Crippen LogP contribution in [0.25, 0.3) is 0 Å². The number of benzene rings is 1. The smallest absolute Gasteiger partial charge is 0.228 e. The predicted molar refractivity (Wildman–Crippen MR) is 90.3 cm³/mol. The Morgan fingerprint density at radius 1 is 1.25 bits per heavy atom. The van der Waals surface area contributed by atoms with Crippen LogP contribution in [-0.2, 0) is 9.59 Å². The van der Waals surface area contributed by atoms with Gasteiger partial charge >= 0.3 is 0 Å². The predicted octanol–water partition coefficient (Wildman–Crippen LogP) is 2.22. The molecule has 2 aliphatic rings. The van der Waals surface area contributed by atoms with E-state index in [0.717, 1.165) is 32.7 Å². The SMILES string of the molecule is CCN1CCN(C(=O)C2CC2C(=O)Nc2ccc(F)c(Cl)c2)CC1. The molecule has 2 atom stereocenters. The van der Waals surface area contributed by atoms with Gasteiger partial charge in [-0.2, -0.15) is 0 Å². The maximum absolute atomic E-state index is 13.1. The number of nitrogens with zero attached hydrogens (tertiary/aromatic N) is 2. The van der Waals surface area contributed by atoms with E-state index in [4.69, 9.17) is 11.6 Å². The summed E-state index contributed by atoms with van der Waals surface area (Å²) in [6.45, 7) is 6.34. The van der Waals surface area contributed by atoms with Gasteiger partial charge in [0.2, 0.25) is 11.8 Å². The second kappa shape index (κ2) is 7.07. The summed E-state index contributed by atoms with van der Waals surface area (Å²) in [5.74, 6) is -1.19. The van der Waals surface area contributed by atoms with Crippen LogP contribution >= 0.6 is 11.6 Å². The summed E-state index contributed by atoms with van der Waals surface area (Å²) < 4.78 is 13.1. The number of anilines is 1. The highest BCUT2D eigenvalue weighted by atomic mass is 35.5. The third-order valence-electron chi connectivity index (χ3n) is 4.76. The van der Waals surface area contributed by atoms with Crippen LogP contribution in [0.1, 0.15) is 13.3 Å². The van der Waals surface area contributed by atoms with Crippen LogP contribution in [0, 0.1) is 17.7 Å². The van der Waals surface area contributed by atoms with E-state index in [1.807, 2.05) is 4.90 Å². The van der Waals surface area contributed by atoms with Gasteiger partial charge in [-0.25, -0.2) is 4.39 Å². The van der Waals surface area contributed by atoms with Crippen molar-refractivity contribution in [1.82, 2.24) is 9.80 Å². The number of carbonyl (C=O) groups is 2. The number of amides is 2. The van der Waals surface area contributed by atoms with E-state index in [-0.39, 0.29) is 28.7 Å². The third-order valence-corrected chi connectivity index (χ3v) is 5.05. The van der Waals surface area contributed by atoms with Crippen LogP contribution in [0.2, 0.25) is 5.02 Å². The van der Waals surface area contributed by atoms with Crippen LogP contribution in [0.5, 0.6) is 0 Å². The van der Waals surface area contributed by atoms with Crippen molar-refractivity contribution in [2.75, 3.05) is 38.0 Å². The molecular formula is C17H21ClFN3O2. The molecule has 1 aromatic carbocycles. The number of hydrogen-bond acceptors (Lipinski definition) is 3. The van der Waals surface area contributed by atoms with Crippen molar-refractivity contribution in [3.8, 4) is 0 Å².